The second-order valence-electron chi connectivity index (χ2n) is 14.1. The monoisotopic (exact) mass is 733 g/mol. The van der Waals surface area contributed by atoms with Gasteiger partial charge >= 0.3 is 0 Å². The quantitative estimate of drug-likeness (QED) is 0.0464. The van der Waals surface area contributed by atoms with E-state index in [4.69, 9.17) is 22.9 Å². The Morgan fingerprint density at radius 1 is 0.453 bits per heavy atom. The van der Waals surface area contributed by atoms with Gasteiger partial charge in [0.05, 0.1) is 5.69 Å². The van der Waals surface area contributed by atoms with Crippen molar-refractivity contribution in [2.45, 2.75) is 175 Å². The van der Waals surface area contributed by atoms with Crippen LogP contribution >= 0.6 is 0 Å². The molecule has 14 heteroatoms. The van der Waals surface area contributed by atoms with Crippen molar-refractivity contribution in [3.63, 3.8) is 0 Å². The highest BCUT2D eigenvalue weighted by Gasteiger charge is 2.09. The number of rotatable bonds is 26. The van der Waals surface area contributed by atoms with E-state index in [0.717, 1.165) is 43.3 Å². The van der Waals surface area contributed by atoms with Crippen molar-refractivity contribution in [2.24, 2.45) is 0 Å². The number of nitrogens with zero attached hydrogens (tertiary/aromatic N) is 10. The highest BCUT2D eigenvalue weighted by molar-refractivity contribution is 5.26. The number of nitrogens with two attached hydrogens (primary N) is 4. The van der Waals surface area contributed by atoms with E-state index in [9.17, 15) is 0 Å². The van der Waals surface area contributed by atoms with Crippen molar-refractivity contribution >= 4 is 23.8 Å². The van der Waals surface area contributed by atoms with Gasteiger partial charge < -0.3 is 32.1 Å². The van der Waals surface area contributed by atoms with Crippen molar-refractivity contribution in [1.29, 1.82) is 0 Å². The van der Waals surface area contributed by atoms with Crippen LogP contribution in [0.25, 0.3) is 0 Å². The van der Waals surface area contributed by atoms with Crippen LogP contribution in [0.4, 0.5) is 23.8 Å². The first-order valence-corrected chi connectivity index (χ1v) is 20.3. The van der Waals surface area contributed by atoms with Gasteiger partial charge in [-0.3, -0.25) is 0 Å². The number of unbranched alkanes of at least 4 members (excludes halogenated alkanes) is 16. The zero-order valence-corrected chi connectivity index (χ0v) is 33.0. The van der Waals surface area contributed by atoms with Gasteiger partial charge in [-0.25, -0.2) is 9.97 Å². The zero-order chi connectivity index (χ0) is 38.1. The maximum atomic E-state index is 5.64. The molecule has 4 aromatic heterocycles. The Morgan fingerprint density at radius 2 is 0.849 bits per heavy atom. The number of imidazole rings is 2. The fourth-order valence-corrected chi connectivity index (χ4v) is 6.53. The molecule has 0 unspecified atom stereocenters. The second kappa shape index (κ2) is 25.6. The van der Waals surface area contributed by atoms with Crippen LogP contribution in [0.2, 0.25) is 0 Å². The lowest BCUT2D eigenvalue weighted by molar-refractivity contribution is 0.553. The second-order valence-corrected chi connectivity index (χ2v) is 14.1. The molecule has 0 saturated heterocycles. The summed E-state index contributed by atoms with van der Waals surface area (Å²) in [6.45, 7) is 8.11. The molecule has 8 N–H and O–H groups in total. The molecule has 4 heterocycles. The summed E-state index contributed by atoms with van der Waals surface area (Å²) in [7, 11) is 0. The number of hydrogen-bond donors (Lipinski definition) is 4. The zero-order valence-electron chi connectivity index (χ0n) is 33.0. The fraction of sp³-hybridized carbons (Fsp3) is 0.692. The molecule has 0 amide bonds. The molecule has 0 saturated carbocycles. The van der Waals surface area contributed by atoms with Gasteiger partial charge in [-0.2, -0.15) is 29.9 Å². The average molecular weight is 733 g/mol. The average Bonchev–Trinajstić information content (AvgIpc) is 3.72. The van der Waals surface area contributed by atoms with Gasteiger partial charge in [0.2, 0.25) is 23.8 Å². The lowest BCUT2D eigenvalue weighted by Gasteiger charge is -2.08. The highest BCUT2D eigenvalue weighted by Crippen LogP contribution is 2.14. The van der Waals surface area contributed by atoms with Gasteiger partial charge in [0.1, 0.15) is 23.3 Å². The Bertz CT molecular complexity index is 1510. The molecule has 0 aliphatic heterocycles. The number of nitrogen functional groups attached to an aromatic ring is 4. The predicted molar refractivity (Wildman–Crippen MR) is 216 cm³/mol. The van der Waals surface area contributed by atoms with Crippen LogP contribution in [0, 0.1) is 6.92 Å². The van der Waals surface area contributed by atoms with Crippen LogP contribution in [-0.2, 0) is 38.8 Å². The predicted octanol–water partition coefficient (Wildman–Crippen LogP) is 7.41. The molecule has 4 rings (SSSR count). The third kappa shape index (κ3) is 18.3. The van der Waals surface area contributed by atoms with Gasteiger partial charge in [0.15, 0.2) is 0 Å². The standard InChI is InChI=1S/C20H35N7.C19H33N7/c1-3-4-5-6-7-8-9-10-11-12-18-23-16(2)15-27(18)14-13-17-24-19(21)26-20(22)25-17;1-2-3-4-5-6-7-8-9-10-11-17-22-13-15-26(17)14-12-16-23-18(20)25-19(21)24-16/h15H,3-14H2,1-2H3,(H4,21,22,24,25,26);13,15H,2-12,14H2,1H3,(H4,20,21,23,24,25). The molecule has 4 aromatic rings. The minimum Gasteiger partial charge on any atom is -0.368 e. The van der Waals surface area contributed by atoms with E-state index in [1.165, 1.54) is 116 Å². The molecule has 0 aliphatic rings. The number of anilines is 4. The Labute approximate surface area is 317 Å². The van der Waals surface area contributed by atoms with Gasteiger partial charge in [-0.15, -0.1) is 0 Å². The third-order valence-electron chi connectivity index (χ3n) is 9.37. The topological polar surface area (TPSA) is 217 Å². The maximum absolute atomic E-state index is 5.64. The van der Waals surface area contributed by atoms with E-state index in [1.54, 1.807) is 0 Å². The minimum absolute atomic E-state index is 0.174. The first kappa shape index (κ1) is 43.0. The van der Waals surface area contributed by atoms with Gasteiger partial charge in [0, 0.05) is 57.4 Å². The largest absolute Gasteiger partial charge is 0.368 e. The number of hydrogen-bond acceptors (Lipinski definition) is 12. The SMILES string of the molecule is CCCCCCCCCCCc1nc(C)cn1CCc1nc(N)nc(N)n1.CCCCCCCCCCCc1nccn1CCc1nc(N)nc(N)n1. The van der Waals surface area contributed by atoms with Gasteiger partial charge in [-0.05, 0) is 19.8 Å². The van der Waals surface area contributed by atoms with E-state index in [-0.39, 0.29) is 23.8 Å². The molecular formula is C39H68N14. The van der Waals surface area contributed by atoms with Crippen LogP contribution in [0.5, 0.6) is 0 Å². The Hall–Kier alpha value is -4.36. The van der Waals surface area contributed by atoms with Gasteiger partial charge in [0.25, 0.3) is 0 Å². The van der Waals surface area contributed by atoms with Crippen LogP contribution in [-0.4, -0.2) is 49.0 Å². The Morgan fingerprint density at radius 3 is 1.30 bits per heavy atom. The van der Waals surface area contributed by atoms with E-state index in [1.807, 2.05) is 19.3 Å². The molecular weight excluding hydrogens is 665 g/mol. The molecule has 0 spiro atoms. The van der Waals surface area contributed by atoms with Crippen LogP contribution in [0.1, 0.15) is 158 Å². The van der Waals surface area contributed by atoms with E-state index in [2.05, 4.69) is 69.1 Å². The molecule has 0 aliphatic carbocycles. The summed E-state index contributed by atoms with van der Waals surface area (Å²) in [5.74, 6) is 4.22. The van der Waals surface area contributed by atoms with Crippen molar-refractivity contribution in [3.05, 3.63) is 47.6 Å². The fourth-order valence-electron chi connectivity index (χ4n) is 6.53. The summed E-state index contributed by atoms with van der Waals surface area (Å²) >= 11 is 0. The number of aromatic nitrogens is 10. The molecule has 294 valence electrons. The molecule has 0 aromatic carbocycles. The lowest BCUT2D eigenvalue weighted by atomic mass is 10.1. The van der Waals surface area contributed by atoms with E-state index < -0.39 is 0 Å². The minimum atomic E-state index is 0.174. The lowest BCUT2D eigenvalue weighted by Crippen LogP contribution is -2.11. The Kier molecular flexibility index (Phi) is 20.8. The van der Waals surface area contributed by atoms with Crippen LogP contribution < -0.4 is 22.9 Å². The van der Waals surface area contributed by atoms with E-state index >= 15 is 0 Å². The smallest absolute Gasteiger partial charge is 0.225 e. The summed E-state index contributed by atoms with van der Waals surface area (Å²) in [4.78, 5) is 33.3. The van der Waals surface area contributed by atoms with E-state index in [0.29, 0.717) is 24.5 Å². The molecule has 53 heavy (non-hydrogen) atoms. The first-order chi connectivity index (χ1) is 25.8. The first-order valence-electron chi connectivity index (χ1n) is 20.3. The summed E-state index contributed by atoms with van der Waals surface area (Å²) in [5, 5.41) is 0. The molecule has 0 bridgehead atoms. The van der Waals surface area contributed by atoms with Crippen molar-refractivity contribution in [2.75, 3.05) is 22.9 Å². The maximum Gasteiger partial charge on any atom is 0.225 e. The molecule has 0 radical (unpaired) electrons. The van der Waals surface area contributed by atoms with Gasteiger partial charge in [-0.1, -0.05) is 117 Å². The Balaban J connectivity index is 0.000000286. The summed E-state index contributed by atoms with van der Waals surface area (Å²) in [6, 6.07) is 0. The molecule has 0 atom stereocenters. The summed E-state index contributed by atoms with van der Waals surface area (Å²) < 4.78 is 4.37. The third-order valence-corrected chi connectivity index (χ3v) is 9.37. The van der Waals surface area contributed by atoms with Crippen molar-refractivity contribution < 1.29 is 0 Å². The number of aryl methyl sites for hydroxylation is 7. The molecule has 14 nitrogen and oxygen atoms in total. The van der Waals surface area contributed by atoms with Crippen LogP contribution in [0.15, 0.2) is 18.6 Å². The van der Waals surface area contributed by atoms with Crippen LogP contribution in [0.3, 0.4) is 0 Å². The highest BCUT2D eigenvalue weighted by atomic mass is 15.2. The summed E-state index contributed by atoms with van der Waals surface area (Å²) in [5.41, 5.74) is 23.6. The van der Waals surface area contributed by atoms with Crippen molar-refractivity contribution in [3.8, 4) is 0 Å². The molecule has 0 fully saturated rings. The van der Waals surface area contributed by atoms with Crippen molar-refractivity contribution in [1.82, 2.24) is 49.0 Å². The normalized spacial score (nSPS) is 11.2. The summed E-state index contributed by atoms with van der Waals surface area (Å²) in [6.07, 6.45) is 33.4.